The van der Waals surface area contributed by atoms with Crippen molar-refractivity contribution in [2.45, 2.75) is 11.8 Å². The fraction of sp³-hybridized carbons (Fsp3) is 0.333. The Kier molecular flexibility index (Phi) is 4.39. The number of aromatic carboxylic acids is 1. The number of carbonyl (C=O) groups is 1. The van der Waals surface area contributed by atoms with Gasteiger partial charge in [-0.3, -0.25) is 0 Å². The molecule has 128 valence electrons. The van der Waals surface area contributed by atoms with E-state index in [-0.39, 0.29) is 23.5 Å². The zero-order chi connectivity index (χ0) is 17.3. The second-order valence-electron chi connectivity index (χ2n) is 5.44. The van der Waals surface area contributed by atoms with Crippen molar-refractivity contribution in [1.29, 1.82) is 0 Å². The van der Waals surface area contributed by atoms with Crippen molar-refractivity contribution < 1.29 is 23.1 Å². The molecule has 1 N–H and O–H groups in total. The van der Waals surface area contributed by atoms with Crippen LogP contribution in [0.2, 0.25) is 0 Å². The van der Waals surface area contributed by atoms with Crippen LogP contribution < -0.4 is 0 Å². The molecule has 0 spiro atoms. The summed E-state index contributed by atoms with van der Waals surface area (Å²) in [7, 11) is -3.79. The maximum atomic E-state index is 12.8. The molecular formula is C15H17N3O5S. The summed E-state index contributed by atoms with van der Waals surface area (Å²) in [6, 6.07) is 5.76. The number of benzene rings is 1. The van der Waals surface area contributed by atoms with Crippen LogP contribution in [0.4, 0.5) is 0 Å². The second kappa shape index (κ2) is 6.34. The maximum absolute atomic E-state index is 12.8. The van der Waals surface area contributed by atoms with E-state index in [0.29, 0.717) is 18.9 Å². The second-order valence-corrected chi connectivity index (χ2v) is 7.38. The number of sulfonamides is 1. The van der Waals surface area contributed by atoms with Gasteiger partial charge in [-0.05, 0) is 31.2 Å². The van der Waals surface area contributed by atoms with E-state index in [9.17, 15) is 18.3 Å². The van der Waals surface area contributed by atoms with Crippen molar-refractivity contribution in [2.75, 3.05) is 26.3 Å². The molecular weight excluding hydrogens is 334 g/mol. The van der Waals surface area contributed by atoms with Gasteiger partial charge in [0, 0.05) is 19.3 Å². The SMILES string of the molecule is Cc1ccn(-c2cc(C(=O)O)cc(S(=O)(=O)N3CCOCC3)c2)n1. The van der Waals surface area contributed by atoms with Crippen LogP contribution in [0.1, 0.15) is 16.1 Å². The Hall–Kier alpha value is -2.23. The highest BCUT2D eigenvalue weighted by Gasteiger charge is 2.27. The first kappa shape index (κ1) is 16.6. The Morgan fingerprint density at radius 1 is 1.25 bits per heavy atom. The molecule has 8 nitrogen and oxygen atoms in total. The minimum atomic E-state index is -3.79. The molecule has 1 aliphatic rings. The largest absolute Gasteiger partial charge is 0.478 e. The van der Waals surface area contributed by atoms with Gasteiger partial charge in [0.15, 0.2) is 0 Å². The Morgan fingerprint density at radius 2 is 1.96 bits per heavy atom. The Balaban J connectivity index is 2.09. The predicted octanol–water partition coefficient (Wildman–Crippen LogP) is 0.900. The van der Waals surface area contributed by atoms with Gasteiger partial charge in [-0.15, -0.1) is 0 Å². The quantitative estimate of drug-likeness (QED) is 0.878. The van der Waals surface area contributed by atoms with Gasteiger partial charge in [0.05, 0.1) is 35.1 Å². The van der Waals surface area contributed by atoms with Crippen LogP contribution in [0.15, 0.2) is 35.4 Å². The summed E-state index contributed by atoms with van der Waals surface area (Å²) >= 11 is 0. The van der Waals surface area contributed by atoms with Crippen LogP contribution in [0.5, 0.6) is 0 Å². The number of morpholine rings is 1. The van der Waals surface area contributed by atoms with Gasteiger partial charge < -0.3 is 9.84 Å². The van der Waals surface area contributed by atoms with Crippen LogP contribution >= 0.6 is 0 Å². The lowest BCUT2D eigenvalue weighted by molar-refractivity contribution is 0.0696. The molecule has 9 heteroatoms. The molecule has 1 saturated heterocycles. The average molecular weight is 351 g/mol. The molecule has 0 atom stereocenters. The van der Waals surface area contributed by atoms with E-state index in [2.05, 4.69) is 5.10 Å². The van der Waals surface area contributed by atoms with E-state index in [1.54, 1.807) is 19.2 Å². The normalized spacial score (nSPS) is 16.2. The monoisotopic (exact) mass is 351 g/mol. The van der Waals surface area contributed by atoms with Crippen LogP contribution in [0, 0.1) is 6.92 Å². The first-order valence-electron chi connectivity index (χ1n) is 7.37. The van der Waals surface area contributed by atoms with Crippen molar-refractivity contribution in [3.63, 3.8) is 0 Å². The molecule has 0 radical (unpaired) electrons. The van der Waals surface area contributed by atoms with Gasteiger partial charge in [0.1, 0.15) is 0 Å². The fourth-order valence-corrected chi connectivity index (χ4v) is 3.96. The van der Waals surface area contributed by atoms with Crippen molar-refractivity contribution in [3.8, 4) is 5.69 Å². The lowest BCUT2D eigenvalue weighted by atomic mass is 10.2. The maximum Gasteiger partial charge on any atom is 0.335 e. The first-order chi connectivity index (χ1) is 11.4. The Morgan fingerprint density at radius 3 is 2.54 bits per heavy atom. The summed E-state index contributed by atoms with van der Waals surface area (Å²) in [5, 5.41) is 13.5. The lowest BCUT2D eigenvalue weighted by Gasteiger charge is -2.26. The molecule has 24 heavy (non-hydrogen) atoms. The van der Waals surface area contributed by atoms with Crippen LogP contribution in [0.25, 0.3) is 5.69 Å². The minimum Gasteiger partial charge on any atom is -0.478 e. The zero-order valence-electron chi connectivity index (χ0n) is 13.0. The lowest BCUT2D eigenvalue weighted by Crippen LogP contribution is -2.40. The average Bonchev–Trinajstić information content (AvgIpc) is 3.01. The number of carboxylic acid groups (broad SMARTS) is 1. The number of hydrogen-bond donors (Lipinski definition) is 1. The zero-order valence-corrected chi connectivity index (χ0v) is 13.9. The molecule has 2 aromatic rings. The molecule has 2 heterocycles. The van der Waals surface area contributed by atoms with E-state index < -0.39 is 16.0 Å². The van der Waals surface area contributed by atoms with Gasteiger partial charge in [-0.2, -0.15) is 9.40 Å². The summed E-state index contributed by atoms with van der Waals surface area (Å²) in [4.78, 5) is 11.3. The number of aromatic nitrogens is 2. The number of rotatable bonds is 4. The summed E-state index contributed by atoms with van der Waals surface area (Å²) < 4.78 is 33.5. The third kappa shape index (κ3) is 3.18. The topological polar surface area (TPSA) is 102 Å². The van der Waals surface area contributed by atoms with Gasteiger partial charge in [-0.25, -0.2) is 17.9 Å². The molecule has 1 fully saturated rings. The van der Waals surface area contributed by atoms with E-state index in [4.69, 9.17) is 4.74 Å². The van der Waals surface area contributed by atoms with Crippen molar-refractivity contribution in [3.05, 3.63) is 41.7 Å². The summed E-state index contributed by atoms with van der Waals surface area (Å²) in [6.45, 7) is 2.93. The van der Waals surface area contributed by atoms with Crippen LogP contribution in [-0.2, 0) is 14.8 Å². The van der Waals surface area contributed by atoms with Crippen molar-refractivity contribution >= 4 is 16.0 Å². The van der Waals surface area contributed by atoms with Crippen molar-refractivity contribution in [1.82, 2.24) is 14.1 Å². The van der Waals surface area contributed by atoms with Crippen LogP contribution in [0.3, 0.4) is 0 Å². The summed E-state index contributed by atoms with van der Waals surface area (Å²) in [5.74, 6) is -1.20. The molecule has 1 aliphatic heterocycles. The fourth-order valence-electron chi connectivity index (χ4n) is 2.48. The van der Waals surface area contributed by atoms with Gasteiger partial charge >= 0.3 is 5.97 Å². The smallest absolute Gasteiger partial charge is 0.335 e. The third-order valence-electron chi connectivity index (χ3n) is 3.73. The van der Waals surface area contributed by atoms with Crippen LogP contribution in [-0.4, -0.2) is 59.9 Å². The van der Waals surface area contributed by atoms with E-state index in [1.807, 2.05) is 0 Å². The Labute approximate surface area is 139 Å². The third-order valence-corrected chi connectivity index (χ3v) is 5.61. The standard InChI is InChI=1S/C15H17N3O5S/c1-11-2-3-18(16-11)13-8-12(15(19)20)9-14(10-13)24(21,22)17-4-6-23-7-5-17/h2-3,8-10H,4-7H2,1H3,(H,19,20). The molecule has 0 amide bonds. The highest BCUT2D eigenvalue weighted by molar-refractivity contribution is 7.89. The molecule has 0 unspecified atom stereocenters. The molecule has 0 saturated carbocycles. The Bertz CT molecular complexity index is 869. The number of ether oxygens (including phenoxy) is 1. The minimum absolute atomic E-state index is 0.0625. The number of aryl methyl sites for hydroxylation is 1. The van der Waals surface area contributed by atoms with Crippen molar-refractivity contribution in [2.24, 2.45) is 0 Å². The molecule has 0 bridgehead atoms. The van der Waals surface area contributed by atoms with Gasteiger partial charge in [-0.1, -0.05) is 0 Å². The number of carboxylic acids is 1. The number of hydrogen-bond acceptors (Lipinski definition) is 5. The summed E-state index contributed by atoms with van der Waals surface area (Å²) in [5.41, 5.74) is 1.02. The molecule has 0 aliphatic carbocycles. The molecule has 1 aromatic carbocycles. The highest BCUT2D eigenvalue weighted by Crippen LogP contribution is 2.22. The molecule has 3 rings (SSSR count). The molecule has 1 aromatic heterocycles. The van der Waals surface area contributed by atoms with Gasteiger partial charge in [0.25, 0.3) is 0 Å². The van der Waals surface area contributed by atoms with E-state index in [1.165, 1.54) is 27.2 Å². The predicted molar refractivity (Wildman–Crippen MR) is 84.8 cm³/mol. The van der Waals surface area contributed by atoms with E-state index >= 15 is 0 Å². The van der Waals surface area contributed by atoms with E-state index in [0.717, 1.165) is 5.69 Å². The number of nitrogens with zero attached hydrogens (tertiary/aromatic N) is 3. The summed E-state index contributed by atoms with van der Waals surface area (Å²) in [6.07, 6.45) is 1.65. The van der Waals surface area contributed by atoms with Gasteiger partial charge in [0.2, 0.25) is 10.0 Å². The highest BCUT2D eigenvalue weighted by atomic mass is 32.2. The first-order valence-corrected chi connectivity index (χ1v) is 8.81.